The van der Waals surface area contributed by atoms with Crippen molar-refractivity contribution < 1.29 is 22.6 Å². The Balaban J connectivity index is 1.71. The molecule has 0 atom stereocenters. The van der Waals surface area contributed by atoms with Gasteiger partial charge in [0.2, 0.25) is 0 Å². The number of nitrogens with one attached hydrogen (secondary N) is 1. The second-order valence-electron chi connectivity index (χ2n) is 6.13. The number of hydrogen-bond acceptors (Lipinski definition) is 6. The molecule has 0 unspecified atom stereocenters. The molecule has 0 saturated carbocycles. The summed E-state index contributed by atoms with van der Waals surface area (Å²) in [7, 11) is -0.792. The van der Waals surface area contributed by atoms with Gasteiger partial charge in [0, 0.05) is 32.0 Å². The molecule has 8 nitrogen and oxygen atoms in total. The number of sulfonamides is 1. The van der Waals surface area contributed by atoms with E-state index < -0.39 is 10.0 Å². The van der Waals surface area contributed by atoms with Gasteiger partial charge in [0.1, 0.15) is 0 Å². The molecule has 0 aliphatic carbocycles. The number of methoxy groups -OCH3 is 2. The zero-order valence-electron chi connectivity index (χ0n) is 14.8. The first-order valence-corrected chi connectivity index (χ1v) is 9.85. The normalized spacial score (nSPS) is 15.6. The molecule has 0 spiro atoms. The number of nitrogens with zero attached hydrogens (tertiary/aromatic N) is 2. The summed E-state index contributed by atoms with van der Waals surface area (Å²) in [5, 5.41) is 4.25. The monoisotopic (exact) mass is 381 g/mol. The maximum absolute atomic E-state index is 12.6. The van der Waals surface area contributed by atoms with Gasteiger partial charge in [0.05, 0.1) is 31.0 Å². The van der Waals surface area contributed by atoms with Crippen molar-refractivity contribution in [3.05, 3.63) is 30.6 Å². The van der Waals surface area contributed by atoms with Gasteiger partial charge in [-0.1, -0.05) is 0 Å². The minimum Gasteiger partial charge on any atom is -0.493 e. The molecule has 1 aromatic carbocycles. The predicted octanol–water partition coefficient (Wildman–Crippen LogP) is 2.13. The SMILES string of the molecule is COc1ccc(S(=O)(=O)Nc2cnn(CC3CCOCC3)c2)cc1OC. The summed E-state index contributed by atoms with van der Waals surface area (Å²) in [5.74, 6) is 1.32. The maximum Gasteiger partial charge on any atom is 0.262 e. The Bertz CT molecular complexity index is 844. The Morgan fingerprint density at radius 2 is 1.96 bits per heavy atom. The van der Waals surface area contributed by atoms with E-state index in [1.165, 1.54) is 32.5 Å². The predicted molar refractivity (Wildman–Crippen MR) is 96.1 cm³/mol. The van der Waals surface area contributed by atoms with Gasteiger partial charge >= 0.3 is 0 Å². The van der Waals surface area contributed by atoms with Crippen molar-refractivity contribution in [3.63, 3.8) is 0 Å². The summed E-state index contributed by atoms with van der Waals surface area (Å²) in [6.07, 6.45) is 5.20. The molecular weight excluding hydrogens is 358 g/mol. The molecule has 2 heterocycles. The molecule has 1 N–H and O–H groups in total. The highest BCUT2D eigenvalue weighted by atomic mass is 32.2. The topological polar surface area (TPSA) is 91.7 Å². The maximum atomic E-state index is 12.6. The summed E-state index contributed by atoms with van der Waals surface area (Å²) < 4.78 is 45.2. The van der Waals surface area contributed by atoms with Crippen LogP contribution in [0.3, 0.4) is 0 Å². The van der Waals surface area contributed by atoms with E-state index in [1.54, 1.807) is 16.9 Å². The average Bonchev–Trinajstić information content (AvgIpc) is 3.08. The van der Waals surface area contributed by atoms with Crippen LogP contribution in [-0.2, 0) is 21.3 Å². The summed E-state index contributed by atoms with van der Waals surface area (Å²) >= 11 is 0. The van der Waals surface area contributed by atoms with Crippen molar-refractivity contribution in [3.8, 4) is 11.5 Å². The summed E-state index contributed by atoms with van der Waals surface area (Å²) in [5.41, 5.74) is 0.423. The lowest BCUT2D eigenvalue weighted by Crippen LogP contribution is -2.20. The Hall–Kier alpha value is -2.26. The van der Waals surface area contributed by atoms with Crippen molar-refractivity contribution in [1.82, 2.24) is 9.78 Å². The molecule has 2 aromatic rings. The Morgan fingerprint density at radius 1 is 1.23 bits per heavy atom. The molecule has 26 heavy (non-hydrogen) atoms. The van der Waals surface area contributed by atoms with Crippen molar-refractivity contribution in [1.29, 1.82) is 0 Å². The van der Waals surface area contributed by atoms with E-state index in [2.05, 4.69) is 9.82 Å². The van der Waals surface area contributed by atoms with E-state index in [0.29, 0.717) is 23.1 Å². The summed E-state index contributed by atoms with van der Waals surface area (Å²) in [4.78, 5) is 0.0901. The lowest BCUT2D eigenvalue weighted by molar-refractivity contribution is 0.0601. The van der Waals surface area contributed by atoms with Crippen LogP contribution >= 0.6 is 0 Å². The third-order valence-corrected chi connectivity index (χ3v) is 5.72. The van der Waals surface area contributed by atoms with Crippen LogP contribution < -0.4 is 14.2 Å². The first-order valence-electron chi connectivity index (χ1n) is 8.37. The summed E-state index contributed by atoms with van der Waals surface area (Å²) in [6, 6.07) is 4.45. The molecule has 3 rings (SSSR count). The molecular formula is C17H23N3O5S. The van der Waals surface area contributed by atoms with Crippen molar-refractivity contribution in [2.75, 3.05) is 32.2 Å². The minimum absolute atomic E-state index is 0.0901. The number of hydrogen-bond donors (Lipinski definition) is 1. The molecule has 9 heteroatoms. The Morgan fingerprint density at radius 3 is 2.65 bits per heavy atom. The lowest BCUT2D eigenvalue weighted by atomic mass is 10.0. The van der Waals surface area contributed by atoms with Crippen LogP contribution in [0, 0.1) is 5.92 Å². The standard InChI is InChI=1S/C17H23N3O5S/c1-23-16-4-3-15(9-17(16)24-2)26(21,22)19-14-10-18-20(12-14)11-13-5-7-25-8-6-13/h3-4,9-10,12-13,19H,5-8,11H2,1-2H3. The first kappa shape index (κ1) is 18.5. The fourth-order valence-electron chi connectivity index (χ4n) is 2.91. The molecule has 1 aliphatic heterocycles. The molecule has 0 bridgehead atoms. The van der Waals surface area contributed by atoms with Gasteiger partial charge in [0.15, 0.2) is 11.5 Å². The first-order chi connectivity index (χ1) is 12.5. The number of aromatic nitrogens is 2. The third kappa shape index (κ3) is 4.28. The molecule has 0 radical (unpaired) electrons. The minimum atomic E-state index is -3.75. The molecule has 1 aromatic heterocycles. The van der Waals surface area contributed by atoms with Gasteiger partial charge < -0.3 is 14.2 Å². The Labute approximate surface area is 153 Å². The quantitative estimate of drug-likeness (QED) is 0.790. The summed E-state index contributed by atoms with van der Waals surface area (Å²) in [6.45, 7) is 2.29. The van der Waals surface area contributed by atoms with Crippen LogP contribution in [0.4, 0.5) is 5.69 Å². The van der Waals surface area contributed by atoms with E-state index in [9.17, 15) is 8.42 Å². The van der Waals surface area contributed by atoms with Gasteiger partial charge in [-0.2, -0.15) is 5.10 Å². The molecule has 0 amide bonds. The third-order valence-electron chi connectivity index (χ3n) is 4.34. The molecule has 142 valence electrons. The highest BCUT2D eigenvalue weighted by molar-refractivity contribution is 7.92. The van der Waals surface area contributed by atoms with Gasteiger partial charge in [0.25, 0.3) is 10.0 Å². The van der Waals surface area contributed by atoms with E-state index in [0.717, 1.165) is 32.6 Å². The van der Waals surface area contributed by atoms with Crippen LogP contribution in [-0.4, -0.2) is 45.6 Å². The van der Waals surface area contributed by atoms with Gasteiger partial charge in [-0.15, -0.1) is 0 Å². The van der Waals surface area contributed by atoms with E-state index in [-0.39, 0.29) is 4.90 Å². The van der Waals surface area contributed by atoms with Crippen molar-refractivity contribution in [2.24, 2.45) is 5.92 Å². The molecule has 1 aliphatic rings. The second-order valence-corrected chi connectivity index (χ2v) is 7.81. The van der Waals surface area contributed by atoms with E-state index in [1.807, 2.05) is 0 Å². The number of anilines is 1. The molecule has 1 fully saturated rings. The van der Waals surface area contributed by atoms with Gasteiger partial charge in [-0.05, 0) is 30.9 Å². The zero-order valence-corrected chi connectivity index (χ0v) is 15.7. The fraction of sp³-hybridized carbons (Fsp3) is 0.471. The van der Waals surface area contributed by atoms with Crippen LogP contribution in [0.5, 0.6) is 11.5 Å². The van der Waals surface area contributed by atoms with Crippen molar-refractivity contribution in [2.45, 2.75) is 24.3 Å². The zero-order chi connectivity index (χ0) is 18.6. The molecule has 1 saturated heterocycles. The van der Waals surface area contributed by atoms with Crippen LogP contribution in [0.15, 0.2) is 35.5 Å². The second kappa shape index (κ2) is 7.96. The number of benzene rings is 1. The highest BCUT2D eigenvalue weighted by Gasteiger charge is 2.19. The smallest absolute Gasteiger partial charge is 0.262 e. The van der Waals surface area contributed by atoms with Gasteiger partial charge in [-0.25, -0.2) is 8.42 Å². The Kier molecular flexibility index (Phi) is 5.67. The average molecular weight is 381 g/mol. The lowest BCUT2D eigenvalue weighted by Gasteiger charge is -2.21. The van der Waals surface area contributed by atoms with Crippen molar-refractivity contribution >= 4 is 15.7 Å². The highest BCUT2D eigenvalue weighted by Crippen LogP contribution is 2.30. The van der Waals surface area contributed by atoms with Crippen LogP contribution in [0.2, 0.25) is 0 Å². The van der Waals surface area contributed by atoms with E-state index in [4.69, 9.17) is 14.2 Å². The number of rotatable bonds is 7. The van der Waals surface area contributed by atoms with E-state index >= 15 is 0 Å². The number of ether oxygens (including phenoxy) is 3. The fourth-order valence-corrected chi connectivity index (χ4v) is 3.95. The van der Waals surface area contributed by atoms with Gasteiger partial charge in [-0.3, -0.25) is 9.40 Å². The van der Waals surface area contributed by atoms with Crippen LogP contribution in [0.25, 0.3) is 0 Å². The largest absolute Gasteiger partial charge is 0.493 e. The van der Waals surface area contributed by atoms with Crippen LogP contribution in [0.1, 0.15) is 12.8 Å².